The summed E-state index contributed by atoms with van der Waals surface area (Å²) < 4.78 is 0. The molecule has 0 saturated carbocycles. The topological polar surface area (TPSA) is 24.1 Å². The van der Waals surface area contributed by atoms with Crippen LogP contribution >= 0.6 is 0 Å². The highest BCUT2D eigenvalue weighted by Gasteiger charge is 2.20. The first-order valence-corrected chi connectivity index (χ1v) is 4.78. The molecule has 0 amide bonds. The average Bonchev–Trinajstić information content (AvgIpc) is 1.99. The summed E-state index contributed by atoms with van der Waals surface area (Å²) in [5, 5.41) is 6.67. The Balaban J connectivity index is 4.48. The summed E-state index contributed by atoms with van der Waals surface area (Å²) in [4.78, 5) is 0. The molecule has 0 bridgehead atoms. The minimum Gasteiger partial charge on any atom is -0.362 e. The van der Waals surface area contributed by atoms with Gasteiger partial charge in [0.1, 0.15) is 0 Å². The Morgan fingerprint density at radius 3 is 2.31 bits per heavy atom. The molecule has 2 heteroatoms. The molecule has 0 spiro atoms. The van der Waals surface area contributed by atoms with E-state index in [2.05, 4.69) is 44.1 Å². The van der Waals surface area contributed by atoms with E-state index in [0.717, 1.165) is 12.2 Å². The second-order valence-corrected chi connectivity index (χ2v) is 3.76. The first-order valence-electron chi connectivity index (χ1n) is 4.78. The Kier molecular flexibility index (Phi) is 4.78. The van der Waals surface area contributed by atoms with Crippen molar-refractivity contribution in [1.29, 1.82) is 0 Å². The van der Waals surface area contributed by atoms with Crippen molar-refractivity contribution in [2.24, 2.45) is 0 Å². The lowest BCUT2D eigenvalue weighted by Crippen LogP contribution is -2.45. The van der Waals surface area contributed by atoms with Crippen LogP contribution in [0.1, 0.15) is 34.6 Å². The van der Waals surface area contributed by atoms with Gasteiger partial charge in [0.15, 0.2) is 0 Å². The largest absolute Gasteiger partial charge is 0.362 e. The molecule has 76 valence electrons. The van der Waals surface area contributed by atoms with Crippen molar-refractivity contribution < 1.29 is 0 Å². The molecule has 0 fully saturated rings. The van der Waals surface area contributed by atoms with Crippen molar-refractivity contribution in [2.75, 3.05) is 6.54 Å². The lowest BCUT2D eigenvalue weighted by molar-refractivity contribution is 0.444. The van der Waals surface area contributed by atoms with Crippen LogP contribution in [0, 0.1) is 0 Å². The highest BCUT2D eigenvalue weighted by atomic mass is 15.0. The normalized spacial score (nSPS) is 12.8. The quantitative estimate of drug-likeness (QED) is 0.682. The van der Waals surface area contributed by atoms with E-state index in [1.165, 1.54) is 5.70 Å². The van der Waals surface area contributed by atoms with Gasteiger partial charge >= 0.3 is 0 Å². The van der Waals surface area contributed by atoms with E-state index in [4.69, 9.17) is 0 Å². The Morgan fingerprint density at radius 2 is 2.00 bits per heavy atom. The van der Waals surface area contributed by atoms with E-state index in [-0.39, 0.29) is 5.54 Å². The highest BCUT2D eigenvalue weighted by molar-refractivity contribution is 5.18. The number of hydrogen-bond donors (Lipinski definition) is 2. The summed E-state index contributed by atoms with van der Waals surface area (Å²) in [6.45, 7) is 15.2. The monoisotopic (exact) mass is 182 g/mol. The smallest absolute Gasteiger partial charge is 0.0525 e. The molecule has 0 aromatic carbocycles. The molecule has 0 saturated heterocycles. The molecule has 2 nitrogen and oxygen atoms in total. The lowest BCUT2D eigenvalue weighted by atomic mass is 10.00. The molecular weight excluding hydrogens is 160 g/mol. The van der Waals surface area contributed by atoms with Crippen LogP contribution in [0.3, 0.4) is 0 Å². The molecule has 13 heavy (non-hydrogen) atoms. The molecule has 0 unspecified atom stereocenters. The molecule has 0 heterocycles. The van der Waals surface area contributed by atoms with Crippen molar-refractivity contribution in [3.8, 4) is 0 Å². The highest BCUT2D eigenvalue weighted by Crippen LogP contribution is 2.13. The molecule has 2 N–H and O–H groups in total. The van der Waals surface area contributed by atoms with Crippen molar-refractivity contribution in [3.05, 3.63) is 24.0 Å². The predicted octanol–water partition coefficient (Wildman–Crippen LogP) is 2.40. The summed E-state index contributed by atoms with van der Waals surface area (Å²) >= 11 is 0. The second kappa shape index (κ2) is 5.07. The van der Waals surface area contributed by atoms with Crippen LogP contribution in [0.4, 0.5) is 0 Å². The fourth-order valence-electron chi connectivity index (χ4n) is 1.36. The van der Waals surface area contributed by atoms with Gasteiger partial charge in [-0.25, -0.2) is 0 Å². The molecule has 0 rings (SSSR count). The summed E-state index contributed by atoms with van der Waals surface area (Å²) in [5.74, 6) is 0. The van der Waals surface area contributed by atoms with Crippen molar-refractivity contribution in [3.63, 3.8) is 0 Å². The second-order valence-electron chi connectivity index (χ2n) is 3.76. The molecule has 0 atom stereocenters. The number of rotatable bonds is 5. The molecule has 0 aromatic heterocycles. The maximum atomic E-state index is 3.84. The van der Waals surface area contributed by atoms with Gasteiger partial charge in [0, 0.05) is 11.4 Å². The zero-order chi connectivity index (χ0) is 10.5. The third-order valence-corrected chi connectivity index (χ3v) is 1.93. The molecule has 0 radical (unpaired) electrons. The first-order chi connectivity index (χ1) is 5.94. The van der Waals surface area contributed by atoms with Gasteiger partial charge in [0.05, 0.1) is 5.54 Å². The Labute approximate surface area is 82.1 Å². The van der Waals surface area contributed by atoms with Crippen LogP contribution in [-0.2, 0) is 0 Å². The zero-order valence-electron chi connectivity index (χ0n) is 9.49. The van der Waals surface area contributed by atoms with E-state index in [9.17, 15) is 0 Å². The third kappa shape index (κ3) is 4.13. The van der Waals surface area contributed by atoms with E-state index >= 15 is 0 Å². The number of likely N-dealkylation sites (N-methyl/N-ethyl adjacent to an activating group) is 1. The minimum absolute atomic E-state index is 0.0115. The van der Waals surface area contributed by atoms with Crippen LogP contribution in [0.5, 0.6) is 0 Å². The van der Waals surface area contributed by atoms with Gasteiger partial charge in [-0.05, 0) is 34.2 Å². The Bertz CT molecular complexity index is 202. The minimum atomic E-state index is -0.0115. The maximum absolute atomic E-state index is 3.84. The number of allylic oxidation sites excluding steroid dienone is 2. The predicted molar refractivity (Wildman–Crippen MR) is 59.5 cm³/mol. The van der Waals surface area contributed by atoms with Crippen molar-refractivity contribution >= 4 is 0 Å². The molecular formula is C11H22N2. The molecule has 0 aromatic rings. The van der Waals surface area contributed by atoms with Crippen LogP contribution < -0.4 is 10.6 Å². The van der Waals surface area contributed by atoms with Gasteiger partial charge in [-0.1, -0.05) is 19.6 Å². The van der Waals surface area contributed by atoms with Gasteiger partial charge in [0.25, 0.3) is 0 Å². The van der Waals surface area contributed by atoms with Crippen LogP contribution in [0.25, 0.3) is 0 Å². The van der Waals surface area contributed by atoms with E-state index in [0.29, 0.717) is 0 Å². The molecule has 0 aliphatic heterocycles. The summed E-state index contributed by atoms with van der Waals surface area (Å²) in [5.41, 5.74) is 2.13. The first kappa shape index (κ1) is 12.2. The Hall–Kier alpha value is -0.760. The van der Waals surface area contributed by atoms with E-state index < -0.39 is 0 Å². The fraction of sp³-hybridized carbons (Fsp3) is 0.636. The van der Waals surface area contributed by atoms with Gasteiger partial charge in [0.2, 0.25) is 0 Å². The zero-order valence-corrected chi connectivity index (χ0v) is 9.49. The Morgan fingerprint density at radius 1 is 1.46 bits per heavy atom. The van der Waals surface area contributed by atoms with Crippen molar-refractivity contribution in [1.82, 2.24) is 10.6 Å². The number of nitrogens with one attached hydrogen (secondary N) is 2. The van der Waals surface area contributed by atoms with Crippen LogP contribution in [0.2, 0.25) is 0 Å². The average molecular weight is 182 g/mol. The van der Waals surface area contributed by atoms with Gasteiger partial charge in [-0.15, -0.1) is 0 Å². The fourth-order valence-corrected chi connectivity index (χ4v) is 1.36. The van der Waals surface area contributed by atoms with E-state index in [1.54, 1.807) is 0 Å². The standard InChI is InChI=1S/C11H22N2/c1-7-10(13-9(3)4)11(5,6)12-8-2/h7,12-13H,3,8H2,1-2,4-6H3/b10-7-. The van der Waals surface area contributed by atoms with Crippen LogP contribution in [0.15, 0.2) is 24.0 Å². The van der Waals surface area contributed by atoms with Crippen LogP contribution in [-0.4, -0.2) is 12.1 Å². The SMILES string of the molecule is C=C(C)N/C(=C\C)C(C)(C)NCC. The number of hydrogen-bond acceptors (Lipinski definition) is 2. The van der Waals surface area contributed by atoms with Gasteiger partial charge in [-0.2, -0.15) is 0 Å². The third-order valence-electron chi connectivity index (χ3n) is 1.93. The summed E-state index contributed by atoms with van der Waals surface area (Å²) in [7, 11) is 0. The summed E-state index contributed by atoms with van der Waals surface area (Å²) in [6, 6.07) is 0. The van der Waals surface area contributed by atoms with E-state index in [1.807, 2.05) is 13.8 Å². The van der Waals surface area contributed by atoms with Gasteiger partial charge in [-0.3, -0.25) is 0 Å². The molecule has 0 aliphatic rings. The van der Waals surface area contributed by atoms with Crippen molar-refractivity contribution in [2.45, 2.75) is 40.2 Å². The lowest BCUT2D eigenvalue weighted by Gasteiger charge is -2.30. The maximum Gasteiger partial charge on any atom is 0.0525 e. The molecule has 0 aliphatic carbocycles. The van der Waals surface area contributed by atoms with Gasteiger partial charge < -0.3 is 10.6 Å². The summed E-state index contributed by atoms with van der Waals surface area (Å²) in [6.07, 6.45) is 2.08.